The van der Waals surface area contributed by atoms with E-state index in [-0.39, 0.29) is 11.8 Å². The SMILES string of the molecule is Cc1ccsc1C(=O)Nc1cc(C(=O)NCCN2CCOCC2)ccc1C=Cc1n[nH]c2ccccc12. The first-order valence-corrected chi connectivity index (χ1v) is 13.2. The van der Waals surface area contributed by atoms with Gasteiger partial charge >= 0.3 is 0 Å². The molecule has 190 valence electrons. The van der Waals surface area contributed by atoms with Gasteiger partial charge < -0.3 is 15.4 Å². The van der Waals surface area contributed by atoms with Crippen molar-refractivity contribution in [3.63, 3.8) is 0 Å². The molecule has 0 saturated carbocycles. The lowest BCUT2D eigenvalue weighted by Crippen LogP contribution is -2.41. The highest BCUT2D eigenvalue weighted by Crippen LogP contribution is 2.25. The van der Waals surface area contributed by atoms with Crippen LogP contribution in [0, 0.1) is 6.92 Å². The number of nitrogens with one attached hydrogen (secondary N) is 3. The first-order valence-electron chi connectivity index (χ1n) is 12.3. The summed E-state index contributed by atoms with van der Waals surface area (Å²) in [7, 11) is 0. The molecule has 0 aliphatic carbocycles. The van der Waals surface area contributed by atoms with E-state index in [1.165, 1.54) is 11.3 Å². The number of benzene rings is 2. The quantitative estimate of drug-likeness (QED) is 0.323. The third kappa shape index (κ3) is 5.96. The Kier molecular flexibility index (Phi) is 7.74. The molecule has 2 aromatic carbocycles. The Bertz CT molecular complexity index is 1430. The number of hydrogen-bond acceptors (Lipinski definition) is 6. The van der Waals surface area contributed by atoms with Crippen molar-refractivity contribution in [1.82, 2.24) is 20.4 Å². The molecule has 0 atom stereocenters. The summed E-state index contributed by atoms with van der Waals surface area (Å²) in [6.07, 6.45) is 3.81. The van der Waals surface area contributed by atoms with Gasteiger partial charge in [0, 0.05) is 42.8 Å². The summed E-state index contributed by atoms with van der Waals surface area (Å²) in [5, 5.41) is 16.3. The molecular weight excluding hydrogens is 486 g/mol. The Hall–Kier alpha value is -3.79. The highest BCUT2D eigenvalue weighted by Gasteiger charge is 2.16. The number of rotatable bonds is 8. The molecule has 0 bridgehead atoms. The van der Waals surface area contributed by atoms with E-state index in [9.17, 15) is 9.59 Å². The fourth-order valence-corrected chi connectivity index (χ4v) is 5.09. The third-order valence-electron chi connectivity index (χ3n) is 6.37. The average Bonchev–Trinajstić information content (AvgIpc) is 3.54. The number of hydrogen-bond donors (Lipinski definition) is 3. The Balaban J connectivity index is 1.36. The summed E-state index contributed by atoms with van der Waals surface area (Å²) in [5.74, 6) is -0.373. The van der Waals surface area contributed by atoms with Crippen LogP contribution in [0.4, 0.5) is 5.69 Å². The van der Waals surface area contributed by atoms with Crippen LogP contribution in [-0.4, -0.2) is 66.3 Å². The number of H-pyrrole nitrogens is 1. The van der Waals surface area contributed by atoms with Gasteiger partial charge in [0.1, 0.15) is 0 Å². The number of nitrogens with zero attached hydrogens (tertiary/aromatic N) is 2. The Morgan fingerprint density at radius 3 is 2.76 bits per heavy atom. The van der Waals surface area contributed by atoms with Crippen molar-refractivity contribution < 1.29 is 14.3 Å². The average molecular weight is 516 g/mol. The van der Waals surface area contributed by atoms with Crippen molar-refractivity contribution in [3.8, 4) is 0 Å². The Morgan fingerprint density at radius 1 is 1.11 bits per heavy atom. The summed E-state index contributed by atoms with van der Waals surface area (Å²) in [4.78, 5) is 28.9. The predicted molar refractivity (Wildman–Crippen MR) is 148 cm³/mol. The maximum absolute atomic E-state index is 13.0. The van der Waals surface area contributed by atoms with Crippen LogP contribution >= 0.6 is 11.3 Å². The van der Waals surface area contributed by atoms with Gasteiger partial charge in [-0.05, 0) is 53.8 Å². The molecule has 0 radical (unpaired) electrons. The first kappa shape index (κ1) is 24.9. The number of fused-ring (bicyclic) bond motifs is 1. The highest BCUT2D eigenvalue weighted by molar-refractivity contribution is 7.12. The number of carbonyl (C=O) groups is 2. The lowest BCUT2D eigenvalue weighted by atomic mass is 10.1. The van der Waals surface area contributed by atoms with Crippen molar-refractivity contribution in [2.24, 2.45) is 0 Å². The van der Waals surface area contributed by atoms with E-state index < -0.39 is 0 Å². The number of aryl methyl sites for hydroxylation is 1. The molecule has 1 aliphatic rings. The van der Waals surface area contributed by atoms with Crippen LogP contribution in [0.25, 0.3) is 23.1 Å². The van der Waals surface area contributed by atoms with Gasteiger partial charge in [0.2, 0.25) is 0 Å². The smallest absolute Gasteiger partial charge is 0.266 e. The molecule has 2 amide bonds. The molecule has 2 aromatic heterocycles. The molecule has 1 saturated heterocycles. The minimum Gasteiger partial charge on any atom is -0.379 e. The number of carbonyl (C=O) groups excluding carboxylic acids is 2. The lowest BCUT2D eigenvalue weighted by molar-refractivity contribution is 0.0383. The van der Waals surface area contributed by atoms with Crippen molar-refractivity contribution in [1.29, 1.82) is 0 Å². The minimum absolute atomic E-state index is 0.176. The van der Waals surface area contributed by atoms with Gasteiger partial charge in [-0.15, -0.1) is 11.3 Å². The van der Waals surface area contributed by atoms with Gasteiger partial charge in [0.05, 0.1) is 29.3 Å². The van der Waals surface area contributed by atoms with Crippen molar-refractivity contribution in [3.05, 3.63) is 81.2 Å². The monoisotopic (exact) mass is 515 g/mol. The van der Waals surface area contributed by atoms with E-state index >= 15 is 0 Å². The van der Waals surface area contributed by atoms with E-state index in [0.29, 0.717) is 22.7 Å². The van der Waals surface area contributed by atoms with Gasteiger partial charge in [0.15, 0.2) is 0 Å². The molecule has 0 spiro atoms. The summed E-state index contributed by atoms with van der Waals surface area (Å²) < 4.78 is 5.38. The predicted octanol–water partition coefficient (Wildman–Crippen LogP) is 4.42. The number of anilines is 1. The number of para-hydroxylation sites is 1. The summed E-state index contributed by atoms with van der Waals surface area (Å²) in [6, 6.07) is 15.2. The van der Waals surface area contributed by atoms with E-state index in [0.717, 1.165) is 60.6 Å². The number of aromatic nitrogens is 2. The van der Waals surface area contributed by atoms with Crippen molar-refractivity contribution in [2.75, 3.05) is 44.7 Å². The Morgan fingerprint density at radius 2 is 1.95 bits per heavy atom. The molecule has 37 heavy (non-hydrogen) atoms. The van der Waals surface area contributed by atoms with Crippen LogP contribution in [0.3, 0.4) is 0 Å². The first-order chi connectivity index (χ1) is 18.1. The largest absolute Gasteiger partial charge is 0.379 e. The number of aromatic amines is 1. The fraction of sp³-hybridized carbons (Fsp3) is 0.250. The molecule has 9 heteroatoms. The fourth-order valence-electron chi connectivity index (χ4n) is 4.27. The molecule has 0 unspecified atom stereocenters. The van der Waals surface area contributed by atoms with Crippen LogP contribution in [-0.2, 0) is 4.74 Å². The number of amides is 2. The molecule has 4 aromatic rings. The zero-order valence-corrected chi connectivity index (χ0v) is 21.4. The minimum atomic E-state index is -0.197. The number of morpholine rings is 1. The van der Waals surface area contributed by atoms with Gasteiger partial charge in [-0.1, -0.05) is 30.3 Å². The molecule has 8 nitrogen and oxygen atoms in total. The summed E-state index contributed by atoms with van der Waals surface area (Å²) in [6.45, 7) is 6.43. The standard InChI is InChI=1S/C28H29N5O3S/c1-19-10-17-37-26(19)28(35)30-25-18-21(27(34)29-11-12-33-13-15-36-16-14-33)7-6-20(25)8-9-24-22-4-2-3-5-23(22)31-32-24/h2-10,17-18H,11-16H2,1H3,(H,29,34)(H,30,35)(H,31,32). The lowest BCUT2D eigenvalue weighted by Gasteiger charge is -2.26. The maximum Gasteiger partial charge on any atom is 0.266 e. The summed E-state index contributed by atoms with van der Waals surface area (Å²) in [5.41, 5.74) is 4.50. The second-order valence-electron chi connectivity index (χ2n) is 8.89. The molecule has 1 fully saturated rings. The molecule has 5 rings (SSSR count). The highest BCUT2D eigenvalue weighted by atomic mass is 32.1. The van der Waals surface area contributed by atoms with Gasteiger partial charge in [-0.3, -0.25) is 19.6 Å². The molecular formula is C28H29N5O3S. The van der Waals surface area contributed by atoms with Gasteiger partial charge in [-0.2, -0.15) is 5.10 Å². The second-order valence-corrected chi connectivity index (χ2v) is 9.80. The Labute approximate surface area is 219 Å². The van der Waals surface area contributed by atoms with Crippen LogP contribution < -0.4 is 10.6 Å². The molecule has 3 N–H and O–H groups in total. The summed E-state index contributed by atoms with van der Waals surface area (Å²) >= 11 is 1.39. The van der Waals surface area contributed by atoms with Crippen LogP contribution in [0.15, 0.2) is 53.9 Å². The van der Waals surface area contributed by atoms with E-state index in [1.54, 1.807) is 12.1 Å². The molecule has 3 heterocycles. The van der Waals surface area contributed by atoms with Crippen molar-refractivity contribution >= 4 is 51.9 Å². The van der Waals surface area contributed by atoms with Crippen molar-refractivity contribution in [2.45, 2.75) is 6.92 Å². The second kappa shape index (κ2) is 11.5. The van der Waals surface area contributed by atoms with Crippen LogP contribution in [0.5, 0.6) is 0 Å². The van der Waals surface area contributed by atoms with Crippen LogP contribution in [0.1, 0.15) is 36.9 Å². The third-order valence-corrected chi connectivity index (χ3v) is 7.39. The topological polar surface area (TPSA) is 99.3 Å². The van der Waals surface area contributed by atoms with E-state index in [1.807, 2.05) is 60.9 Å². The number of ether oxygens (including phenoxy) is 1. The maximum atomic E-state index is 13.0. The zero-order valence-electron chi connectivity index (χ0n) is 20.6. The zero-order chi connectivity index (χ0) is 25.6. The van der Waals surface area contributed by atoms with E-state index in [2.05, 4.69) is 25.7 Å². The number of thiophene rings is 1. The van der Waals surface area contributed by atoms with Gasteiger partial charge in [0.25, 0.3) is 11.8 Å². The van der Waals surface area contributed by atoms with Crippen LogP contribution in [0.2, 0.25) is 0 Å². The normalized spacial score (nSPS) is 14.3. The molecule has 1 aliphatic heterocycles. The van der Waals surface area contributed by atoms with Gasteiger partial charge in [-0.25, -0.2) is 0 Å². The van der Waals surface area contributed by atoms with E-state index in [4.69, 9.17) is 4.74 Å².